The molecule has 0 spiro atoms. The van der Waals surface area contributed by atoms with E-state index in [0.717, 1.165) is 11.5 Å². The molecule has 1 rings (SSSR count). The number of hydrogen-bond donors (Lipinski definition) is 0. The van der Waals surface area contributed by atoms with Crippen molar-refractivity contribution in [3.8, 4) is 11.5 Å². The molecular formula is C9H11BrMgO3. The number of halogens is 1. The molecule has 0 bridgehead atoms. The summed E-state index contributed by atoms with van der Waals surface area (Å²) in [5, 5.41) is 0. The van der Waals surface area contributed by atoms with Crippen LogP contribution in [0, 0.1) is 0 Å². The molecule has 0 aliphatic rings. The summed E-state index contributed by atoms with van der Waals surface area (Å²) >= 11 is 3.11. The molecule has 0 radical (unpaired) electrons. The van der Waals surface area contributed by atoms with Gasteiger partial charge in [-0.25, -0.2) is 0 Å². The number of methoxy groups -OCH3 is 2. The number of hydrogen-bond acceptors (Lipinski definition) is 3. The van der Waals surface area contributed by atoms with Gasteiger partial charge >= 0.3 is 18.2 Å². The van der Waals surface area contributed by atoms with Crippen molar-refractivity contribution in [1.29, 1.82) is 0 Å². The van der Waals surface area contributed by atoms with Gasteiger partial charge in [-0.3, -0.25) is 12.9 Å². The van der Waals surface area contributed by atoms with E-state index in [9.17, 15) is 0 Å². The third kappa shape index (κ3) is 3.31. The molecule has 0 atom stereocenters. The molecule has 0 unspecified atom stereocenters. The Labute approximate surface area is 99.3 Å². The third-order valence-electron chi connectivity index (χ3n) is 1.75. The molecule has 0 saturated heterocycles. The van der Waals surface area contributed by atoms with E-state index in [4.69, 9.17) is 14.2 Å². The van der Waals surface area contributed by atoms with Crippen LogP contribution in [0.5, 0.6) is 11.5 Å². The molecule has 0 N–H and O–H groups in total. The highest BCUT2D eigenvalue weighted by Crippen LogP contribution is 2.17. The van der Waals surface area contributed by atoms with Crippen molar-refractivity contribution in [1.82, 2.24) is 0 Å². The van der Waals surface area contributed by atoms with E-state index in [0.29, 0.717) is 0 Å². The van der Waals surface area contributed by atoms with Crippen molar-refractivity contribution >= 4 is 34.8 Å². The van der Waals surface area contributed by atoms with Crippen molar-refractivity contribution in [3.05, 3.63) is 18.2 Å². The fraction of sp³-hybridized carbons (Fsp3) is 0.333. The molecule has 3 nitrogen and oxygen atoms in total. The van der Waals surface area contributed by atoms with Crippen LogP contribution in [0.3, 0.4) is 0 Å². The first-order valence-corrected chi connectivity index (χ1v) is 8.77. The highest BCUT2D eigenvalue weighted by Gasteiger charge is 2.06. The number of benzene rings is 1. The summed E-state index contributed by atoms with van der Waals surface area (Å²) in [7, 11) is 3.24. The second-order valence-corrected chi connectivity index (χ2v) is 5.37. The molecule has 0 amide bonds. The zero-order valence-electron chi connectivity index (χ0n) is 8.25. The smallest absolute Gasteiger partial charge is 0.497 e. The van der Waals surface area contributed by atoms with Gasteiger partial charge < -0.3 is 14.2 Å². The van der Waals surface area contributed by atoms with E-state index >= 15 is 0 Å². The van der Waals surface area contributed by atoms with Crippen molar-refractivity contribution < 1.29 is 14.2 Å². The van der Waals surface area contributed by atoms with Crippen LogP contribution in [-0.2, 0) is 4.74 Å². The van der Waals surface area contributed by atoms with Gasteiger partial charge in [0.15, 0.2) is 6.79 Å². The van der Waals surface area contributed by atoms with Gasteiger partial charge in [0.1, 0.15) is 11.5 Å². The van der Waals surface area contributed by atoms with Gasteiger partial charge in [-0.15, -0.1) is 3.69 Å². The fourth-order valence-electron chi connectivity index (χ4n) is 1.03. The lowest BCUT2D eigenvalue weighted by atomic mass is 10.3. The normalized spacial score (nSPS) is 9.36. The highest BCUT2D eigenvalue weighted by atomic mass is 79.9. The van der Waals surface area contributed by atoms with Crippen molar-refractivity contribution in [2.45, 2.75) is 0 Å². The summed E-state index contributed by atoms with van der Waals surface area (Å²) in [6, 6.07) is 5.83. The summed E-state index contributed by atoms with van der Waals surface area (Å²) in [5.74, 6) is 1.64. The Morgan fingerprint density at radius 2 is 2.14 bits per heavy atom. The lowest BCUT2D eigenvalue weighted by Crippen LogP contribution is -2.14. The zero-order chi connectivity index (χ0) is 10.4. The van der Waals surface area contributed by atoms with Crippen LogP contribution < -0.4 is 13.2 Å². The van der Waals surface area contributed by atoms with Gasteiger partial charge in [0, 0.05) is 13.2 Å². The van der Waals surface area contributed by atoms with Crippen LogP contribution in [0.25, 0.3) is 0 Å². The van der Waals surface area contributed by atoms with Crippen LogP contribution in [0.1, 0.15) is 0 Å². The molecule has 0 saturated carbocycles. The highest BCUT2D eigenvalue weighted by molar-refractivity contribution is 9.23. The Morgan fingerprint density at radius 1 is 1.36 bits per heavy atom. The maximum atomic E-state index is 5.42. The lowest BCUT2D eigenvalue weighted by Gasteiger charge is -2.11. The first kappa shape index (κ1) is 12.1. The Hall–Kier alpha value is 0.0262. The summed E-state index contributed by atoms with van der Waals surface area (Å²) in [6.45, 7) is 0.265. The van der Waals surface area contributed by atoms with Gasteiger partial charge in [0.05, 0.1) is 7.11 Å². The summed E-state index contributed by atoms with van der Waals surface area (Å²) < 4.78 is 16.6. The quantitative estimate of drug-likeness (QED) is 0.597. The molecular weight excluding hydrogens is 260 g/mol. The molecule has 0 heterocycles. The predicted molar refractivity (Wildman–Crippen MR) is 59.8 cm³/mol. The van der Waals surface area contributed by atoms with Crippen molar-refractivity contribution in [3.63, 3.8) is 0 Å². The van der Waals surface area contributed by atoms with Gasteiger partial charge in [-0.05, 0) is 6.07 Å². The molecule has 0 aliphatic carbocycles. The first-order chi connectivity index (χ1) is 6.81. The molecule has 0 fully saturated rings. The minimum Gasteiger partial charge on any atom is -0.497 e. The second-order valence-electron chi connectivity index (χ2n) is 2.66. The average molecular weight is 271 g/mol. The predicted octanol–water partition coefficient (Wildman–Crippen LogP) is 1.32. The average Bonchev–Trinajstić information content (AvgIpc) is 2.25. The Morgan fingerprint density at radius 3 is 2.71 bits per heavy atom. The van der Waals surface area contributed by atoms with E-state index in [2.05, 4.69) is 12.9 Å². The summed E-state index contributed by atoms with van der Waals surface area (Å²) in [5.41, 5.74) is 0. The fourth-order valence-corrected chi connectivity index (χ4v) is 2.96. The Kier molecular flexibility index (Phi) is 5.62. The van der Waals surface area contributed by atoms with Gasteiger partial charge in [-0.2, -0.15) is 0 Å². The van der Waals surface area contributed by atoms with Crippen LogP contribution in [0.2, 0.25) is 0 Å². The third-order valence-corrected chi connectivity index (χ3v) is 4.43. The van der Waals surface area contributed by atoms with E-state index in [1.54, 1.807) is 14.2 Å². The topological polar surface area (TPSA) is 27.7 Å². The summed E-state index contributed by atoms with van der Waals surface area (Å²) in [6.07, 6.45) is 0. The van der Waals surface area contributed by atoms with Crippen LogP contribution in [0.15, 0.2) is 18.2 Å². The molecule has 14 heavy (non-hydrogen) atoms. The van der Waals surface area contributed by atoms with Gasteiger partial charge in [0.25, 0.3) is 0 Å². The largest absolute Gasteiger partial charge is 0.512 e. The van der Waals surface area contributed by atoms with E-state index in [1.807, 2.05) is 18.2 Å². The molecule has 0 aromatic heterocycles. The lowest BCUT2D eigenvalue weighted by molar-refractivity contribution is 0.0517. The molecule has 0 aliphatic heterocycles. The SMILES string of the molecule is COCOc1cc(OC)cc[c]1[Mg][Br]. The standard InChI is InChI=1S/C9H11O3.BrH.Mg/c1-10-7-12-9-5-3-4-8(6-9)11-2;;/h3-4,6H,7H2,1-2H3;1H;/q;;+1/p-1. The first-order valence-electron chi connectivity index (χ1n) is 4.16. The van der Waals surface area contributed by atoms with Crippen molar-refractivity contribution in [2.75, 3.05) is 21.0 Å². The maximum absolute atomic E-state index is 5.42. The molecule has 1 aromatic rings. The number of rotatable bonds is 5. The number of ether oxygens (including phenoxy) is 3. The van der Waals surface area contributed by atoms with Crippen LogP contribution in [-0.4, -0.2) is 39.2 Å². The molecule has 74 valence electrons. The van der Waals surface area contributed by atoms with Gasteiger partial charge in [0.2, 0.25) is 0 Å². The monoisotopic (exact) mass is 270 g/mol. The Balaban J connectivity index is 2.84. The zero-order valence-corrected chi connectivity index (χ0v) is 11.2. The molecule has 5 heteroatoms. The van der Waals surface area contributed by atoms with E-state index < -0.39 is 18.2 Å². The van der Waals surface area contributed by atoms with Crippen LogP contribution in [0.4, 0.5) is 0 Å². The van der Waals surface area contributed by atoms with Crippen LogP contribution >= 0.6 is 12.9 Å². The molecule has 1 aromatic carbocycles. The second kappa shape index (κ2) is 6.50. The van der Waals surface area contributed by atoms with Crippen molar-refractivity contribution in [2.24, 2.45) is 0 Å². The minimum atomic E-state index is -0.413. The van der Waals surface area contributed by atoms with E-state index in [1.165, 1.54) is 3.69 Å². The van der Waals surface area contributed by atoms with Gasteiger partial charge in [-0.1, -0.05) is 6.07 Å². The Bertz CT molecular complexity index is 293. The summed E-state index contributed by atoms with van der Waals surface area (Å²) in [4.78, 5) is 0. The maximum Gasteiger partial charge on any atom is 0.512 e. The van der Waals surface area contributed by atoms with E-state index in [-0.39, 0.29) is 6.79 Å². The minimum absolute atomic E-state index is 0.265.